The SMILES string of the molecule is CCNC(=O)NC(=O)C(C)OC(=O)c1cccc(S(=O)(=O)N2CCc3ccccc32)c1. The number of imide groups is 1. The molecule has 2 N–H and O–H groups in total. The zero-order valence-electron chi connectivity index (χ0n) is 17.1. The second-order valence-electron chi connectivity index (χ2n) is 6.88. The molecule has 0 aliphatic carbocycles. The first kappa shape index (κ1) is 22.3. The van der Waals surface area contributed by atoms with E-state index in [9.17, 15) is 22.8 Å². The van der Waals surface area contributed by atoms with E-state index >= 15 is 0 Å². The van der Waals surface area contributed by atoms with E-state index in [2.05, 4.69) is 10.6 Å². The van der Waals surface area contributed by atoms with Crippen molar-refractivity contribution in [2.24, 2.45) is 0 Å². The monoisotopic (exact) mass is 445 g/mol. The van der Waals surface area contributed by atoms with Crippen LogP contribution in [0.15, 0.2) is 53.4 Å². The van der Waals surface area contributed by atoms with E-state index in [-0.39, 0.29) is 10.5 Å². The number of carbonyl (C=O) groups is 3. The van der Waals surface area contributed by atoms with E-state index in [4.69, 9.17) is 4.74 Å². The lowest BCUT2D eigenvalue weighted by molar-refractivity contribution is -0.127. The standard InChI is InChI=1S/C21H23N3O6S/c1-3-22-21(27)23-19(25)14(2)30-20(26)16-8-6-9-17(13-16)31(28,29)24-12-11-15-7-4-5-10-18(15)24/h4-10,13-14H,3,11-12H2,1-2H3,(H2,22,23,25,27). The van der Waals surface area contributed by atoms with Crippen LogP contribution in [0.2, 0.25) is 0 Å². The van der Waals surface area contributed by atoms with Crippen LogP contribution in [0.1, 0.15) is 29.8 Å². The van der Waals surface area contributed by atoms with Crippen LogP contribution in [-0.4, -0.2) is 45.5 Å². The van der Waals surface area contributed by atoms with Gasteiger partial charge in [-0.2, -0.15) is 0 Å². The molecule has 31 heavy (non-hydrogen) atoms. The third-order valence-electron chi connectivity index (χ3n) is 4.73. The number of fused-ring (bicyclic) bond motifs is 1. The number of para-hydroxylation sites is 1. The van der Waals surface area contributed by atoms with Crippen molar-refractivity contribution in [3.05, 3.63) is 59.7 Å². The molecule has 1 unspecified atom stereocenters. The predicted molar refractivity (Wildman–Crippen MR) is 113 cm³/mol. The maximum atomic E-state index is 13.2. The van der Waals surface area contributed by atoms with Gasteiger partial charge in [0.25, 0.3) is 15.9 Å². The molecular formula is C21H23N3O6S. The van der Waals surface area contributed by atoms with Gasteiger partial charge in [0.15, 0.2) is 6.10 Å². The second-order valence-corrected chi connectivity index (χ2v) is 8.74. The first-order chi connectivity index (χ1) is 14.7. The number of hydrogen-bond donors (Lipinski definition) is 2. The summed E-state index contributed by atoms with van der Waals surface area (Å²) in [5.41, 5.74) is 1.53. The van der Waals surface area contributed by atoms with Crippen LogP contribution in [0.4, 0.5) is 10.5 Å². The van der Waals surface area contributed by atoms with Crippen LogP contribution in [-0.2, 0) is 26.0 Å². The number of nitrogens with zero attached hydrogens (tertiary/aromatic N) is 1. The van der Waals surface area contributed by atoms with Gasteiger partial charge in [0, 0.05) is 13.1 Å². The Kier molecular flexibility index (Phi) is 6.59. The molecular weight excluding hydrogens is 422 g/mol. The van der Waals surface area contributed by atoms with Crippen molar-refractivity contribution >= 4 is 33.6 Å². The molecule has 0 saturated heterocycles. The van der Waals surface area contributed by atoms with Crippen molar-refractivity contribution < 1.29 is 27.5 Å². The van der Waals surface area contributed by atoms with Crippen molar-refractivity contribution in [1.82, 2.24) is 10.6 Å². The number of nitrogens with one attached hydrogen (secondary N) is 2. The van der Waals surface area contributed by atoms with E-state index in [1.54, 1.807) is 19.1 Å². The van der Waals surface area contributed by atoms with Crippen molar-refractivity contribution in [3.63, 3.8) is 0 Å². The molecule has 0 saturated carbocycles. The minimum absolute atomic E-state index is 0.0220. The van der Waals surface area contributed by atoms with E-state index < -0.39 is 34.0 Å². The largest absolute Gasteiger partial charge is 0.449 e. The van der Waals surface area contributed by atoms with Crippen LogP contribution >= 0.6 is 0 Å². The third kappa shape index (κ3) is 4.85. The molecule has 0 radical (unpaired) electrons. The molecule has 9 nitrogen and oxygen atoms in total. The summed E-state index contributed by atoms with van der Waals surface area (Å²) >= 11 is 0. The molecule has 3 rings (SSSR count). The molecule has 164 valence electrons. The summed E-state index contributed by atoms with van der Waals surface area (Å²) in [6.45, 7) is 3.65. The van der Waals surface area contributed by atoms with Crippen LogP contribution < -0.4 is 14.9 Å². The van der Waals surface area contributed by atoms with Gasteiger partial charge in [-0.05, 0) is 50.1 Å². The Hall–Kier alpha value is -3.40. The lowest BCUT2D eigenvalue weighted by Crippen LogP contribution is -2.44. The minimum Gasteiger partial charge on any atom is -0.449 e. The van der Waals surface area contributed by atoms with Crippen LogP contribution in [0.25, 0.3) is 0 Å². The van der Waals surface area contributed by atoms with Gasteiger partial charge in [-0.15, -0.1) is 0 Å². The van der Waals surface area contributed by atoms with Gasteiger partial charge >= 0.3 is 12.0 Å². The number of carbonyl (C=O) groups excluding carboxylic acids is 3. The molecule has 1 aliphatic rings. The van der Waals surface area contributed by atoms with Crippen LogP contribution in [0, 0.1) is 0 Å². The van der Waals surface area contributed by atoms with Gasteiger partial charge in [-0.1, -0.05) is 24.3 Å². The number of ether oxygens (including phenoxy) is 1. The summed E-state index contributed by atoms with van der Waals surface area (Å²) in [5, 5.41) is 4.44. The Morgan fingerprint density at radius 3 is 2.61 bits per heavy atom. The summed E-state index contributed by atoms with van der Waals surface area (Å²) < 4.78 is 32.7. The number of esters is 1. The molecule has 0 bridgehead atoms. The molecule has 0 aromatic heterocycles. The summed E-state index contributed by atoms with van der Waals surface area (Å²) in [4.78, 5) is 35.8. The number of anilines is 1. The molecule has 0 fully saturated rings. The molecule has 10 heteroatoms. The molecule has 3 amide bonds. The van der Waals surface area contributed by atoms with E-state index in [1.165, 1.54) is 35.5 Å². The maximum absolute atomic E-state index is 13.2. The Labute approximate surface area is 180 Å². The van der Waals surface area contributed by atoms with Crippen molar-refractivity contribution in [2.75, 3.05) is 17.4 Å². The van der Waals surface area contributed by atoms with E-state index in [0.717, 1.165) is 5.56 Å². The number of hydrogen-bond acceptors (Lipinski definition) is 6. The Morgan fingerprint density at radius 2 is 1.87 bits per heavy atom. The molecule has 2 aromatic carbocycles. The molecule has 1 heterocycles. The number of rotatable bonds is 6. The highest BCUT2D eigenvalue weighted by molar-refractivity contribution is 7.92. The third-order valence-corrected chi connectivity index (χ3v) is 6.54. The first-order valence-corrected chi connectivity index (χ1v) is 11.2. The number of amides is 3. The van der Waals surface area contributed by atoms with Gasteiger partial charge in [0.1, 0.15) is 0 Å². The normalized spacial score (nSPS) is 13.8. The molecule has 2 aromatic rings. The fourth-order valence-electron chi connectivity index (χ4n) is 3.17. The van der Waals surface area contributed by atoms with Crippen molar-refractivity contribution in [1.29, 1.82) is 0 Å². The Balaban J connectivity index is 1.75. The quantitative estimate of drug-likeness (QED) is 0.654. The van der Waals surface area contributed by atoms with E-state index in [1.807, 2.05) is 12.1 Å². The average Bonchev–Trinajstić information content (AvgIpc) is 3.19. The van der Waals surface area contributed by atoms with E-state index in [0.29, 0.717) is 25.2 Å². The number of urea groups is 1. The molecule has 1 atom stereocenters. The lowest BCUT2D eigenvalue weighted by atomic mass is 10.2. The van der Waals surface area contributed by atoms with Crippen LogP contribution in [0.5, 0.6) is 0 Å². The number of sulfonamides is 1. The fourth-order valence-corrected chi connectivity index (χ4v) is 4.72. The average molecular weight is 445 g/mol. The van der Waals surface area contributed by atoms with Gasteiger partial charge in [-0.25, -0.2) is 18.0 Å². The zero-order valence-corrected chi connectivity index (χ0v) is 17.9. The van der Waals surface area contributed by atoms with Crippen molar-refractivity contribution in [2.45, 2.75) is 31.3 Å². The van der Waals surface area contributed by atoms with Gasteiger partial charge in [0.2, 0.25) is 0 Å². The van der Waals surface area contributed by atoms with Gasteiger partial charge in [0.05, 0.1) is 16.1 Å². The highest BCUT2D eigenvalue weighted by Crippen LogP contribution is 2.32. The van der Waals surface area contributed by atoms with Crippen LogP contribution in [0.3, 0.4) is 0 Å². The highest BCUT2D eigenvalue weighted by atomic mass is 32.2. The maximum Gasteiger partial charge on any atom is 0.338 e. The predicted octanol–water partition coefficient (Wildman–Crippen LogP) is 1.83. The van der Waals surface area contributed by atoms with Gasteiger partial charge < -0.3 is 10.1 Å². The van der Waals surface area contributed by atoms with Crippen molar-refractivity contribution in [3.8, 4) is 0 Å². The van der Waals surface area contributed by atoms with Gasteiger partial charge in [-0.3, -0.25) is 14.4 Å². The smallest absolute Gasteiger partial charge is 0.338 e. The Bertz CT molecular complexity index is 1120. The summed E-state index contributed by atoms with van der Waals surface area (Å²) in [7, 11) is -3.88. The molecule has 0 spiro atoms. The lowest BCUT2D eigenvalue weighted by Gasteiger charge is -2.20. The fraction of sp³-hybridized carbons (Fsp3) is 0.286. The molecule has 1 aliphatic heterocycles. The highest BCUT2D eigenvalue weighted by Gasteiger charge is 2.31. The summed E-state index contributed by atoms with van der Waals surface area (Å²) in [6.07, 6.45) is -0.643. The summed E-state index contributed by atoms with van der Waals surface area (Å²) in [5.74, 6) is -1.67. The minimum atomic E-state index is -3.88. The summed E-state index contributed by atoms with van der Waals surface area (Å²) in [6, 6.07) is 12.0. The topological polar surface area (TPSA) is 122 Å². The Morgan fingerprint density at radius 1 is 1.13 bits per heavy atom. The second kappa shape index (κ2) is 9.17. The number of benzene rings is 2. The first-order valence-electron chi connectivity index (χ1n) is 9.74. The zero-order chi connectivity index (χ0) is 22.6.